The molecular formula is C9H17NO. The molecule has 1 aliphatic carbocycles. The van der Waals surface area contributed by atoms with Crippen molar-refractivity contribution in [2.45, 2.75) is 38.5 Å². The standard InChI is InChI=1S/C9H17NO/c11-10-8-4-7-9-5-2-1-3-6-9/h5,10-11H,1-4,6-8H2. The Morgan fingerprint density at radius 2 is 2.36 bits per heavy atom. The SMILES string of the molecule is ONCCCC1=CCCCC1. The van der Waals surface area contributed by atoms with Crippen molar-refractivity contribution in [2.24, 2.45) is 0 Å². The van der Waals surface area contributed by atoms with Crippen LogP contribution in [-0.2, 0) is 0 Å². The van der Waals surface area contributed by atoms with Gasteiger partial charge in [0.25, 0.3) is 0 Å². The zero-order valence-corrected chi connectivity index (χ0v) is 6.97. The fraction of sp³-hybridized carbons (Fsp3) is 0.778. The number of hydrogen-bond acceptors (Lipinski definition) is 2. The third-order valence-electron chi connectivity index (χ3n) is 2.17. The number of allylic oxidation sites excluding steroid dienone is 2. The zero-order valence-electron chi connectivity index (χ0n) is 6.97. The molecule has 0 atom stereocenters. The van der Waals surface area contributed by atoms with Crippen LogP contribution in [0.4, 0.5) is 0 Å². The van der Waals surface area contributed by atoms with Gasteiger partial charge in [-0.2, -0.15) is 0 Å². The van der Waals surface area contributed by atoms with Gasteiger partial charge < -0.3 is 5.21 Å². The summed E-state index contributed by atoms with van der Waals surface area (Å²) in [6, 6.07) is 0. The van der Waals surface area contributed by atoms with Gasteiger partial charge in [0.2, 0.25) is 0 Å². The van der Waals surface area contributed by atoms with Crippen molar-refractivity contribution in [2.75, 3.05) is 6.54 Å². The van der Waals surface area contributed by atoms with Crippen molar-refractivity contribution in [3.8, 4) is 0 Å². The molecule has 2 N–H and O–H groups in total. The summed E-state index contributed by atoms with van der Waals surface area (Å²) in [6.45, 7) is 0.720. The Labute approximate surface area is 68.3 Å². The zero-order chi connectivity index (χ0) is 7.94. The third-order valence-corrected chi connectivity index (χ3v) is 2.17. The van der Waals surface area contributed by atoms with Gasteiger partial charge in [0, 0.05) is 6.54 Å². The van der Waals surface area contributed by atoms with Gasteiger partial charge in [-0.05, 0) is 38.5 Å². The minimum absolute atomic E-state index is 0.720. The Hall–Kier alpha value is -0.340. The summed E-state index contributed by atoms with van der Waals surface area (Å²) in [4.78, 5) is 0. The lowest BCUT2D eigenvalue weighted by atomic mass is 9.96. The van der Waals surface area contributed by atoms with E-state index in [4.69, 9.17) is 5.21 Å². The lowest BCUT2D eigenvalue weighted by Gasteiger charge is -2.11. The fourth-order valence-corrected chi connectivity index (χ4v) is 1.53. The maximum atomic E-state index is 8.33. The van der Waals surface area contributed by atoms with Gasteiger partial charge in [0.1, 0.15) is 0 Å². The number of hydrogen-bond donors (Lipinski definition) is 2. The van der Waals surface area contributed by atoms with E-state index in [9.17, 15) is 0 Å². The molecule has 0 bridgehead atoms. The highest BCUT2D eigenvalue weighted by molar-refractivity contribution is 5.04. The quantitative estimate of drug-likeness (QED) is 0.371. The van der Waals surface area contributed by atoms with E-state index >= 15 is 0 Å². The number of nitrogens with one attached hydrogen (secondary N) is 1. The first-order valence-corrected chi connectivity index (χ1v) is 4.48. The molecule has 64 valence electrons. The van der Waals surface area contributed by atoms with Crippen LogP contribution in [0.3, 0.4) is 0 Å². The molecule has 0 fully saturated rings. The molecule has 0 heterocycles. The highest BCUT2D eigenvalue weighted by Gasteiger charge is 2.02. The van der Waals surface area contributed by atoms with Crippen LogP contribution in [0.1, 0.15) is 38.5 Å². The summed E-state index contributed by atoms with van der Waals surface area (Å²) >= 11 is 0. The van der Waals surface area contributed by atoms with Gasteiger partial charge >= 0.3 is 0 Å². The van der Waals surface area contributed by atoms with Gasteiger partial charge in [-0.25, -0.2) is 5.48 Å². The molecule has 0 aliphatic heterocycles. The minimum Gasteiger partial charge on any atom is -0.317 e. The van der Waals surface area contributed by atoms with Crippen molar-refractivity contribution >= 4 is 0 Å². The number of rotatable bonds is 4. The van der Waals surface area contributed by atoms with Gasteiger partial charge in [-0.3, -0.25) is 0 Å². The fourth-order valence-electron chi connectivity index (χ4n) is 1.53. The topological polar surface area (TPSA) is 32.3 Å². The second-order valence-electron chi connectivity index (χ2n) is 3.12. The van der Waals surface area contributed by atoms with Crippen LogP contribution in [-0.4, -0.2) is 11.8 Å². The summed E-state index contributed by atoms with van der Waals surface area (Å²) in [7, 11) is 0. The molecule has 11 heavy (non-hydrogen) atoms. The maximum Gasteiger partial charge on any atom is 0.0210 e. The Balaban J connectivity index is 2.09. The molecule has 0 spiro atoms. The first-order valence-electron chi connectivity index (χ1n) is 4.48. The summed E-state index contributed by atoms with van der Waals surface area (Å²) in [5.74, 6) is 0. The highest BCUT2D eigenvalue weighted by Crippen LogP contribution is 2.20. The Kier molecular flexibility index (Phi) is 4.24. The summed E-state index contributed by atoms with van der Waals surface area (Å²) in [5.41, 5.74) is 3.77. The predicted octanol–water partition coefficient (Wildman–Crippen LogP) is 2.25. The van der Waals surface area contributed by atoms with E-state index < -0.39 is 0 Å². The third kappa shape index (κ3) is 3.54. The first-order chi connectivity index (χ1) is 5.43. The van der Waals surface area contributed by atoms with Crippen molar-refractivity contribution in [1.29, 1.82) is 0 Å². The average molecular weight is 155 g/mol. The van der Waals surface area contributed by atoms with Crippen LogP contribution in [0.25, 0.3) is 0 Å². The van der Waals surface area contributed by atoms with E-state index in [2.05, 4.69) is 11.6 Å². The molecule has 1 rings (SSSR count). The van der Waals surface area contributed by atoms with Crippen LogP contribution in [0.15, 0.2) is 11.6 Å². The maximum absolute atomic E-state index is 8.33. The van der Waals surface area contributed by atoms with Crippen LogP contribution in [0.2, 0.25) is 0 Å². The summed E-state index contributed by atoms with van der Waals surface area (Å²) < 4.78 is 0. The van der Waals surface area contributed by atoms with Crippen LogP contribution < -0.4 is 5.48 Å². The van der Waals surface area contributed by atoms with Crippen LogP contribution >= 0.6 is 0 Å². The van der Waals surface area contributed by atoms with Gasteiger partial charge in [-0.1, -0.05) is 11.6 Å². The van der Waals surface area contributed by atoms with E-state index in [1.807, 2.05) is 0 Å². The highest BCUT2D eigenvalue weighted by atomic mass is 16.5. The molecule has 0 aromatic heterocycles. The van der Waals surface area contributed by atoms with E-state index in [0.717, 1.165) is 19.4 Å². The predicted molar refractivity (Wildman–Crippen MR) is 45.6 cm³/mol. The summed E-state index contributed by atoms with van der Waals surface area (Å²) in [5, 5.41) is 8.33. The lowest BCUT2D eigenvalue weighted by Crippen LogP contribution is -2.08. The molecule has 0 aromatic carbocycles. The van der Waals surface area contributed by atoms with E-state index in [1.165, 1.54) is 25.7 Å². The Morgan fingerprint density at radius 3 is 3.00 bits per heavy atom. The van der Waals surface area contributed by atoms with Crippen LogP contribution in [0, 0.1) is 0 Å². The van der Waals surface area contributed by atoms with Crippen molar-refractivity contribution in [3.05, 3.63) is 11.6 Å². The molecule has 0 radical (unpaired) electrons. The molecule has 0 amide bonds. The van der Waals surface area contributed by atoms with Crippen molar-refractivity contribution < 1.29 is 5.21 Å². The smallest absolute Gasteiger partial charge is 0.0210 e. The van der Waals surface area contributed by atoms with E-state index in [0.29, 0.717) is 0 Å². The van der Waals surface area contributed by atoms with Crippen molar-refractivity contribution in [1.82, 2.24) is 5.48 Å². The monoisotopic (exact) mass is 155 g/mol. The van der Waals surface area contributed by atoms with E-state index in [1.54, 1.807) is 5.57 Å². The van der Waals surface area contributed by atoms with Gasteiger partial charge in [0.05, 0.1) is 0 Å². The van der Waals surface area contributed by atoms with E-state index in [-0.39, 0.29) is 0 Å². The summed E-state index contributed by atoms with van der Waals surface area (Å²) in [6.07, 6.45) is 9.85. The van der Waals surface area contributed by atoms with Crippen LogP contribution in [0.5, 0.6) is 0 Å². The van der Waals surface area contributed by atoms with Crippen molar-refractivity contribution in [3.63, 3.8) is 0 Å². The largest absolute Gasteiger partial charge is 0.317 e. The number of hydroxylamine groups is 1. The first kappa shape index (κ1) is 8.75. The molecule has 0 aromatic rings. The molecule has 0 saturated carbocycles. The van der Waals surface area contributed by atoms with Gasteiger partial charge in [0.15, 0.2) is 0 Å². The minimum atomic E-state index is 0.720. The molecule has 1 aliphatic rings. The average Bonchev–Trinajstić information content (AvgIpc) is 2.07. The molecule has 2 nitrogen and oxygen atoms in total. The van der Waals surface area contributed by atoms with Gasteiger partial charge in [-0.15, -0.1) is 0 Å². The molecular weight excluding hydrogens is 138 g/mol. The normalized spacial score (nSPS) is 18.1. The molecule has 0 saturated heterocycles. The Bertz CT molecular complexity index is 132. The molecule has 2 heteroatoms. The lowest BCUT2D eigenvalue weighted by molar-refractivity contribution is 0.165. The Morgan fingerprint density at radius 1 is 1.45 bits per heavy atom. The second kappa shape index (κ2) is 5.33. The molecule has 0 unspecified atom stereocenters. The second-order valence-corrected chi connectivity index (χ2v) is 3.12.